The van der Waals surface area contributed by atoms with Crippen LogP contribution in [0.2, 0.25) is 0 Å². The molecule has 6 heteroatoms. The van der Waals surface area contributed by atoms with Gasteiger partial charge in [0.05, 0.1) is 11.1 Å². The molecule has 2 aromatic rings. The zero-order valence-corrected chi connectivity index (χ0v) is 7.94. The molecule has 0 radical (unpaired) electrons. The van der Waals surface area contributed by atoms with E-state index in [4.69, 9.17) is 11.5 Å². The number of rotatable bonds is 0. The van der Waals surface area contributed by atoms with Crippen LogP contribution in [0, 0.1) is 13.8 Å². The SMILES string of the molecule is Cc1nnc2nc(N)nc(N)c2c1C. The van der Waals surface area contributed by atoms with Crippen LogP contribution in [0.4, 0.5) is 11.8 Å². The van der Waals surface area contributed by atoms with E-state index in [0.29, 0.717) is 11.5 Å². The first kappa shape index (κ1) is 8.61. The Balaban J connectivity index is 2.95. The number of aryl methyl sites for hydroxylation is 2. The van der Waals surface area contributed by atoms with Gasteiger partial charge in [-0.3, -0.25) is 0 Å². The summed E-state index contributed by atoms with van der Waals surface area (Å²) in [6, 6.07) is 0. The number of hydrogen-bond donors (Lipinski definition) is 2. The van der Waals surface area contributed by atoms with Gasteiger partial charge in [0.15, 0.2) is 5.65 Å². The van der Waals surface area contributed by atoms with E-state index in [2.05, 4.69) is 20.2 Å². The first-order chi connectivity index (χ1) is 6.59. The van der Waals surface area contributed by atoms with E-state index in [1.54, 1.807) is 0 Å². The summed E-state index contributed by atoms with van der Waals surface area (Å²) in [6.07, 6.45) is 0. The lowest BCUT2D eigenvalue weighted by Crippen LogP contribution is -2.04. The van der Waals surface area contributed by atoms with Crippen molar-refractivity contribution in [2.75, 3.05) is 11.5 Å². The van der Waals surface area contributed by atoms with E-state index in [-0.39, 0.29) is 5.95 Å². The molecule has 0 saturated heterocycles. The number of nitrogen functional groups attached to an aromatic ring is 2. The third-order valence-electron chi connectivity index (χ3n) is 2.15. The van der Waals surface area contributed by atoms with E-state index in [1.807, 2.05) is 13.8 Å². The highest BCUT2D eigenvalue weighted by Gasteiger charge is 2.09. The molecule has 2 aromatic heterocycles. The zero-order chi connectivity index (χ0) is 10.3. The summed E-state index contributed by atoms with van der Waals surface area (Å²) in [4.78, 5) is 7.83. The van der Waals surface area contributed by atoms with Gasteiger partial charge in [0.1, 0.15) is 5.82 Å². The molecular weight excluding hydrogens is 180 g/mol. The van der Waals surface area contributed by atoms with Crippen molar-refractivity contribution in [3.63, 3.8) is 0 Å². The van der Waals surface area contributed by atoms with Crippen LogP contribution in [0.25, 0.3) is 11.0 Å². The van der Waals surface area contributed by atoms with Gasteiger partial charge in [0, 0.05) is 0 Å². The predicted molar refractivity (Wildman–Crippen MR) is 53.4 cm³/mol. The second-order valence-electron chi connectivity index (χ2n) is 3.08. The standard InChI is InChI=1S/C8H10N6/c1-3-4(2)13-14-7-5(3)6(9)11-8(10)12-7/h1-2H3,(H4,9,10,11,12,14). The highest BCUT2D eigenvalue weighted by molar-refractivity contribution is 5.89. The Morgan fingerprint density at radius 2 is 1.71 bits per heavy atom. The summed E-state index contributed by atoms with van der Waals surface area (Å²) < 4.78 is 0. The lowest BCUT2D eigenvalue weighted by molar-refractivity contribution is 0.979. The fourth-order valence-corrected chi connectivity index (χ4v) is 1.29. The molecule has 2 heterocycles. The quantitative estimate of drug-likeness (QED) is 0.615. The number of fused-ring (bicyclic) bond motifs is 1. The van der Waals surface area contributed by atoms with Gasteiger partial charge >= 0.3 is 0 Å². The van der Waals surface area contributed by atoms with E-state index >= 15 is 0 Å². The van der Waals surface area contributed by atoms with Crippen LogP contribution in [-0.4, -0.2) is 20.2 Å². The van der Waals surface area contributed by atoms with E-state index < -0.39 is 0 Å². The maximum absolute atomic E-state index is 5.73. The van der Waals surface area contributed by atoms with Crippen molar-refractivity contribution < 1.29 is 0 Å². The van der Waals surface area contributed by atoms with Gasteiger partial charge in [-0.25, -0.2) is 0 Å². The first-order valence-corrected chi connectivity index (χ1v) is 4.12. The highest BCUT2D eigenvalue weighted by atomic mass is 15.2. The lowest BCUT2D eigenvalue weighted by Gasteiger charge is -2.05. The summed E-state index contributed by atoms with van der Waals surface area (Å²) in [6.45, 7) is 3.76. The fraction of sp³-hybridized carbons (Fsp3) is 0.250. The molecular formula is C8H10N6. The van der Waals surface area contributed by atoms with Crippen LogP contribution >= 0.6 is 0 Å². The van der Waals surface area contributed by atoms with Crippen molar-refractivity contribution in [1.29, 1.82) is 0 Å². The third-order valence-corrected chi connectivity index (χ3v) is 2.15. The predicted octanol–water partition coefficient (Wildman–Crippen LogP) is 0.201. The van der Waals surface area contributed by atoms with Crippen LogP contribution in [0.5, 0.6) is 0 Å². The molecule has 0 unspecified atom stereocenters. The minimum atomic E-state index is 0.118. The van der Waals surface area contributed by atoms with Gasteiger partial charge in [-0.05, 0) is 19.4 Å². The van der Waals surface area contributed by atoms with Crippen molar-refractivity contribution in [1.82, 2.24) is 20.2 Å². The third kappa shape index (κ3) is 1.12. The molecule has 0 aliphatic rings. The Kier molecular flexibility index (Phi) is 1.70. The maximum Gasteiger partial charge on any atom is 0.224 e. The first-order valence-electron chi connectivity index (χ1n) is 4.12. The number of anilines is 2. The molecule has 0 aliphatic carbocycles. The fourth-order valence-electron chi connectivity index (χ4n) is 1.29. The minimum absolute atomic E-state index is 0.118. The summed E-state index contributed by atoms with van der Waals surface area (Å²) in [5.41, 5.74) is 13.4. The number of aromatic nitrogens is 4. The van der Waals surface area contributed by atoms with E-state index in [0.717, 1.165) is 16.6 Å². The highest BCUT2D eigenvalue weighted by Crippen LogP contribution is 2.21. The Hall–Kier alpha value is -1.98. The molecule has 14 heavy (non-hydrogen) atoms. The van der Waals surface area contributed by atoms with Crippen molar-refractivity contribution in [2.24, 2.45) is 0 Å². The molecule has 4 N–H and O–H groups in total. The minimum Gasteiger partial charge on any atom is -0.383 e. The maximum atomic E-state index is 5.73. The van der Waals surface area contributed by atoms with Crippen LogP contribution in [-0.2, 0) is 0 Å². The molecule has 2 rings (SSSR count). The summed E-state index contributed by atoms with van der Waals surface area (Å²) >= 11 is 0. The Morgan fingerprint density at radius 3 is 2.43 bits per heavy atom. The van der Waals surface area contributed by atoms with E-state index in [9.17, 15) is 0 Å². The average molecular weight is 190 g/mol. The van der Waals surface area contributed by atoms with Gasteiger partial charge in [-0.15, -0.1) is 5.10 Å². The zero-order valence-electron chi connectivity index (χ0n) is 7.94. The molecule has 0 fully saturated rings. The van der Waals surface area contributed by atoms with Gasteiger partial charge in [-0.1, -0.05) is 0 Å². The Bertz CT molecular complexity index is 507. The summed E-state index contributed by atoms with van der Waals surface area (Å²) in [5.74, 6) is 0.468. The van der Waals surface area contributed by atoms with Gasteiger partial charge < -0.3 is 11.5 Å². The average Bonchev–Trinajstić information content (AvgIpc) is 2.10. The smallest absolute Gasteiger partial charge is 0.224 e. The van der Waals surface area contributed by atoms with Gasteiger partial charge in [0.2, 0.25) is 5.95 Å². The molecule has 0 spiro atoms. The number of hydrogen-bond acceptors (Lipinski definition) is 6. The Morgan fingerprint density at radius 1 is 1.00 bits per heavy atom. The van der Waals surface area contributed by atoms with Gasteiger partial charge in [0.25, 0.3) is 0 Å². The number of nitrogens with zero attached hydrogens (tertiary/aromatic N) is 4. The van der Waals surface area contributed by atoms with Gasteiger partial charge in [-0.2, -0.15) is 15.1 Å². The van der Waals surface area contributed by atoms with Crippen molar-refractivity contribution >= 4 is 22.8 Å². The summed E-state index contributed by atoms with van der Waals surface area (Å²) in [7, 11) is 0. The molecule has 6 nitrogen and oxygen atoms in total. The van der Waals surface area contributed by atoms with E-state index in [1.165, 1.54) is 0 Å². The normalized spacial score (nSPS) is 10.7. The second kappa shape index (κ2) is 2.76. The summed E-state index contributed by atoms with van der Waals surface area (Å²) in [5, 5.41) is 8.57. The van der Waals surface area contributed by atoms with Crippen molar-refractivity contribution in [2.45, 2.75) is 13.8 Å². The van der Waals surface area contributed by atoms with Crippen molar-refractivity contribution in [3.05, 3.63) is 11.3 Å². The number of nitrogens with two attached hydrogens (primary N) is 2. The topological polar surface area (TPSA) is 104 Å². The molecule has 72 valence electrons. The largest absolute Gasteiger partial charge is 0.383 e. The van der Waals surface area contributed by atoms with Crippen LogP contribution in [0.1, 0.15) is 11.3 Å². The van der Waals surface area contributed by atoms with Crippen molar-refractivity contribution in [3.8, 4) is 0 Å². The molecule has 0 saturated carbocycles. The molecule has 0 amide bonds. The molecule has 0 aromatic carbocycles. The molecule has 0 aliphatic heterocycles. The molecule has 0 bridgehead atoms. The molecule has 0 atom stereocenters. The lowest BCUT2D eigenvalue weighted by atomic mass is 10.1. The van der Waals surface area contributed by atoms with Crippen LogP contribution in [0.15, 0.2) is 0 Å². The Labute approximate surface area is 80.4 Å². The second-order valence-corrected chi connectivity index (χ2v) is 3.08. The monoisotopic (exact) mass is 190 g/mol. The van der Waals surface area contributed by atoms with Crippen LogP contribution in [0.3, 0.4) is 0 Å². The van der Waals surface area contributed by atoms with Crippen LogP contribution < -0.4 is 11.5 Å².